The van der Waals surface area contributed by atoms with Crippen molar-refractivity contribution in [3.63, 3.8) is 0 Å². The molecule has 5 heterocycles. The molecule has 0 saturated carbocycles. The van der Waals surface area contributed by atoms with Crippen LogP contribution in [0.4, 0.5) is 17.3 Å². The van der Waals surface area contributed by atoms with Crippen molar-refractivity contribution in [3.05, 3.63) is 83.5 Å². The van der Waals surface area contributed by atoms with Crippen molar-refractivity contribution < 1.29 is 0 Å². The second-order valence-corrected chi connectivity index (χ2v) is 9.89. The third-order valence-corrected chi connectivity index (χ3v) is 7.30. The Labute approximate surface area is 223 Å². The van der Waals surface area contributed by atoms with Crippen LogP contribution in [0.25, 0.3) is 33.5 Å². The molecule has 1 aliphatic heterocycles. The predicted octanol–water partition coefficient (Wildman–Crippen LogP) is 3.26. The molecule has 0 aliphatic carbocycles. The highest BCUT2D eigenvalue weighted by Gasteiger charge is 2.24. The molecule has 7 rings (SSSR count). The number of hydrogen-bond acceptors (Lipinski definition) is 9. The van der Waals surface area contributed by atoms with Gasteiger partial charge >= 0.3 is 0 Å². The van der Waals surface area contributed by atoms with Crippen LogP contribution in [0.5, 0.6) is 0 Å². The highest BCUT2D eigenvalue weighted by molar-refractivity contribution is 5.95. The molecule has 1 aliphatic rings. The van der Waals surface area contributed by atoms with Gasteiger partial charge < -0.3 is 15.1 Å². The van der Waals surface area contributed by atoms with Crippen molar-refractivity contribution in [2.24, 2.45) is 0 Å². The molecule has 4 aromatic heterocycles. The average molecular weight is 519 g/mol. The summed E-state index contributed by atoms with van der Waals surface area (Å²) >= 11 is 0. The summed E-state index contributed by atoms with van der Waals surface area (Å²) < 4.78 is 3.16. The summed E-state index contributed by atoms with van der Waals surface area (Å²) in [4.78, 5) is 40.9. The van der Waals surface area contributed by atoms with Crippen molar-refractivity contribution >= 4 is 44.9 Å². The van der Waals surface area contributed by atoms with E-state index >= 15 is 0 Å². The first-order valence-corrected chi connectivity index (χ1v) is 12.8. The number of likely N-dealkylation sites (N-methyl/N-ethyl adjacent to an activating group) is 1. The highest BCUT2D eigenvalue weighted by Crippen LogP contribution is 2.26. The Morgan fingerprint density at radius 3 is 2.49 bits per heavy atom. The van der Waals surface area contributed by atoms with Crippen LogP contribution in [0.1, 0.15) is 6.42 Å². The third-order valence-electron chi connectivity index (χ3n) is 7.30. The van der Waals surface area contributed by atoms with Crippen LogP contribution >= 0.6 is 0 Å². The maximum absolute atomic E-state index is 13.7. The lowest BCUT2D eigenvalue weighted by Crippen LogP contribution is -2.31. The van der Waals surface area contributed by atoms with Gasteiger partial charge in [0.1, 0.15) is 5.39 Å². The van der Waals surface area contributed by atoms with Crippen LogP contribution in [-0.4, -0.2) is 72.2 Å². The Morgan fingerprint density at radius 2 is 1.72 bits per heavy atom. The zero-order valence-corrected chi connectivity index (χ0v) is 21.6. The van der Waals surface area contributed by atoms with Crippen molar-refractivity contribution in [1.82, 2.24) is 39.0 Å². The maximum Gasteiger partial charge on any atom is 0.284 e. The second kappa shape index (κ2) is 9.14. The zero-order chi connectivity index (χ0) is 26.5. The molecule has 6 aromatic rings. The van der Waals surface area contributed by atoms with E-state index < -0.39 is 0 Å². The molecule has 0 radical (unpaired) electrons. The smallest absolute Gasteiger partial charge is 0.284 e. The van der Waals surface area contributed by atoms with Crippen molar-refractivity contribution in [3.8, 4) is 5.95 Å². The minimum absolute atomic E-state index is 0.295. The zero-order valence-electron chi connectivity index (χ0n) is 21.6. The normalized spacial score (nSPS) is 15.7. The minimum atomic E-state index is -0.295. The van der Waals surface area contributed by atoms with E-state index in [-0.39, 0.29) is 5.56 Å². The molecule has 39 heavy (non-hydrogen) atoms. The van der Waals surface area contributed by atoms with Crippen LogP contribution < -0.4 is 15.8 Å². The van der Waals surface area contributed by atoms with E-state index in [1.807, 2.05) is 36.4 Å². The molecule has 2 aromatic carbocycles. The van der Waals surface area contributed by atoms with E-state index in [2.05, 4.69) is 61.3 Å². The fourth-order valence-corrected chi connectivity index (χ4v) is 5.22. The molecular weight excluding hydrogens is 492 g/mol. The number of hydrogen-bond donors (Lipinski definition) is 1. The first-order chi connectivity index (χ1) is 19.1. The fourth-order valence-electron chi connectivity index (χ4n) is 5.22. The van der Waals surface area contributed by atoms with Gasteiger partial charge in [0.25, 0.3) is 5.56 Å². The average Bonchev–Trinajstić information content (AvgIpc) is 3.58. The number of aromatic nitrogens is 7. The van der Waals surface area contributed by atoms with E-state index in [1.165, 1.54) is 16.4 Å². The van der Waals surface area contributed by atoms with E-state index in [0.29, 0.717) is 34.6 Å². The number of fused-ring (bicyclic) bond motifs is 4. The lowest BCUT2D eigenvalue weighted by Gasteiger charge is -2.22. The third kappa shape index (κ3) is 3.94. The first-order valence-electron chi connectivity index (χ1n) is 12.8. The summed E-state index contributed by atoms with van der Waals surface area (Å²) in [5.74, 6) is 0.747. The van der Waals surface area contributed by atoms with Gasteiger partial charge in [-0.1, -0.05) is 12.1 Å². The Bertz CT molecular complexity index is 1880. The van der Waals surface area contributed by atoms with Gasteiger partial charge in [-0.15, -0.1) is 0 Å². The Balaban J connectivity index is 1.25. The summed E-state index contributed by atoms with van der Waals surface area (Å²) in [6.45, 7) is 2.07. The fraction of sp³-hybridized carbons (Fsp3) is 0.214. The molecule has 11 nitrogen and oxygen atoms in total. The lowest BCUT2D eigenvalue weighted by atomic mass is 10.2. The molecule has 0 amide bonds. The van der Waals surface area contributed by atoms with Gasteiger partial charge in [0.2, 0.25) is 11.9 Å². The Kier molecular flexibility index (Phi) is 5.44. The molecule has 0 spiro atoms. The largest absolute Gasteiger partial charge is 0.370 e. The molecule has 1 N–H and O–H groups in total. The standard InChI is InChI=1S/C28H26N10O/c1-35(2)20-12-15-36(17-20)19-10-8-18(9-11-19)32-27-31-16-22-24(34-27)33-25-21-6-3-4-7-23(21)37(38(25)26(22)39)28-29-13-5-14-30-28/h3-11,13-14,16,20H,12,15,17H2,1-2H3,(H,31,32,34)/t20-/m0/s1. The quantitative estimate of drug-likeness (QED) is 0.368. The molecule has 11 heteroatoms. The summed E-state index contributed by atoms with van der Waals surface area (Å²) in [6, 6.07) is 18.2. The van der Waals surface area contributed by atoms with Gasteiger partial charge in [0.15, 0.2) is 11.3 Å². The number of nitrogens with one attached hydrogen (secondary N) is 1. The van der Waals surface area contributed by atoms with Crippen molar-refractivity contribution in [2.75, 3.05) is 37.4 Å². The lowest BCUT2D eigenvalue weighted by molar-refractivity contribution is 0.315. The number of rotatable bonds is 5. The summed E-state index contributed by atoms with van der Waals surface area (Å²) in [5.41, 5.74) is 3.32. The van der Waals surface area contributed by atoms with Crippen LogP contribution in [0.3, 0.4) is 0 Å². The molecule has 1 saturated heterocycles. The van der Waals surface area contributed by atoms with Gasteiger partial charge in [-0.05, 0) is 63.0 Å². The number of benzene rings is 2. The van der Waals surface area contributed by atoms with Crippen molar-refractivity contribution in [1.29, 1.82) is 0 Å². The SMILES string of the molecule is CN(C)[C@H]1CCN(c2ccc(Nc3ncc4c(=O)n5c(nc4n3)c3ccccc3n5-c3ncccn3)cc2)C1. The number of para-hydroxylation sites is 1. The molecule has 1 fully saturated rings. The summed E-state index contributed by atoms with van der Waals surface area (Å²) in [7, 11) is 4.27. The van der Waals surface area contributed by atoms with E-state index in [4.69, 9.17) is 4.98 Å². The van der Waals surface area contributed by atoms with Crippen LogP contribution in [0.2, 0.25) is 0 Å². The number of nitrogens with zero attached hydrogens (tertiary/aromatic N) is 9. The number of anilines is 3. The van der Waals surface area contributed by atoms with Gasteiger partial charge in [-0.2, -0.15) is 9.50 Å². The van der Waals surface area contributed by atoms with Crippen molar-refractivity contribution in [2.45, 2.75) is 12.5 Å². The summed E-state index contributed by atoms with van der Waals surface area (Å²) in [6.07, 6.45) is 5.96. The monoisotopic (exact) mass is 518 g/mol. The van der Waals surface area contributed by atoms with Crippen LogP contribution in [-0.2, 0) is 0 Å². The van der Waals surface area contributed by atoms with E-state index in [9.17, 15) is 4.79 Å². The topological polar surface area (TPSA) is 109 Å². The first kappa shape index (κ1) is 23.2. The van der Waals surface area contributed by atoms with Crippen LogP contribution in [0.15, 0.2) is 78.0 Å². The van der Waals surface area contributed by atoms with Gasteiger partial charge in [0.05, 0.1) is 5.52 Å². The minimum Gasteiger partial charge on any atom is -0.370 e. The Morgan fingerprint density at radius 1 is 0.923 bits per heavy atom. The van der Waals surface area contributed by atoms with E-state index in [0.717, 1.165) is 36.1 Å². The second-order valence-electron chi connectivity index (χ2n) is 9.89. The molecule has 194 valence electrons. The molecule has 0 bridgehead atoms. The molecule has 0 unspecified atom stereocenters. The highest BCUT2D eigenvalue weighted by atomic mass is 16.1. The van der Waals surface area contributed by atoms with Gasteiger partial charge in [-0.25, -0.2) is 24.6 Å². The maximum atomic E-state index is 13.7. The van der Waals surface area contributed by atoms with Gasteiger partial charge in [-0.3, -0.25) is 4.79 Å². The summed E-state index contributed by atoms with van der Waals surface area (Å²) in [5, 5.41) is 4.35. The molecular formula is C28H26N10O. The van der Waals surface area contributed by atoms with Crippen LogP contribution in [0, 0.1) is 0 Å². The van der Waals surface area contributed by atoms with Gasteiger partial charge in [0, 0.05) is 54.5 Å². The predicted molar refractivity (Wildman–Crippen MR) is 151 cm³/mol. The Hall–Kier alpha value is -4.90. The molecule has 1 atom stereocenters. The van der Waals surface area contributed by atoms with E-state index in [1.54, 1.807) is 23.1 Å².